The van der Waals surface area contributed by atoms with E-state index in [1.165, 1.54) is 7.11 Å². The van der Waals surface area contributed by atoms with Crippen LogP contribution in [-0.4, -0.2) is 31.9 Å². The lowest BCUT2D eigenvalue weighted by Gasteiger charge is -2.25. The summed E-state index contributed by atoms with van der Waals surface area (Å²) < 4.78 is 10.8. The second-order valence-corrected chi connectivity index (χ2v) is 3.99. The molecule has 1 unspecified atom stereocenters. The molecular formula is C11H14ClNO3. The average molecular weight is 244 g/mol. The molecule has 16 heavy (non-hydrogen) atoms. The van der Waals surface area contributed by atoms with Crippen molar-refractivity contribution in [1.29, 1.82) is 0 Å². The molecule has 0 saturated carbocycles. The maximum Gasteiger partial charge on any atom is 0.177 e. The summed E-state index contributed by atoms with van der Waals surface area (Å²) in [4.78, 5) is 0. The predicted octanol–water partition coefficient (Wildman–Crippen LogP) is 1.72. The summed E-state index contributed by atoms with van der Waals surface area (Å²) in [5.74, 6) is 0.358. The zero-order chi connectivity index (χ0) is 11.5. The van der Waals surface area contributed by atoms with Crippen LogP contribution in [0.4, 0.5) is 0 Å². The van der Waals surface area contributed by atoms with Gasteiger partial charge in [-0.1, -0.05) is 17.7 Å². The molecule has 4 nitrogen and oxygen atoms in total. The molecule has 1 fully saturated rings. The lowest BCUT2D eigenvalue weighted by molar-refractivity contribution is 0.0260. The van der Waals surface area contributed by atoms with Gasteiger partial charge in [-0.2, -0.15) is 0 Å². The Morgan fingerprint density at radius 1 is 1.56 bits per heavy atom. The molecule has 0 radical (unpaired) electrons. The maximum absolute atomic E-state index is 9.78. The van der Waals surface area contributed by atoms with E-state index >= 15 is 0 Å². The molecule has 2 rings (SSSR count). The summed E-state index contributed by atoms with van der Waals surface area (Å²) >= 11 is 5.82. The quantitative estimate of drug-likeness (QED) is 0.831. The van der Waals surface area contributed by atoms with Gasteiger partial charge in [-0.25, -0.2) is 0 Å². The number of rotatable bonds is 2. The summed E-state index contributed by atoms with van der Waals surface area (Å²) in [7, 11) is 1.51. The molecule has 1 aromatic rings. The number of phenols is 1. The highest BCUT2D eigenvalue weighted by molar-refractivity contribution is 6.32. The number of phenolic OH excluding ortho intramolecular Hbond substituents is 1. The highest BCUT2D eigenvalue weighted by Gasteiger charge is 2.22. The van der Waals surface area contributed by atoms with Crippen LogP contribution in [0.15, 0.2) is 12.1 Å². The van der Waals surface area contributed by atoms with Gasteiger partial charge in [0.05, 0.1) is 24.8 Å². The van der Waals surface area contributed by atoms with Gasteiger partial charge in [0.15, 0.2) is 11.5 Å². The van der Waals surface area contributed by atoms with E-state index in [9.17, 15) is 5.11 Å². The monoisotopic (exact) mass is 243 g/mol. The Kier molecular flexibility index (Phi) is 3.53. The molecule has 0 aliphatic carbocycles. The van der Waals surface area contributed by atoms with Crippen LogP contribution in [0.2, 0.25) is 5.02 Å². The number of morpholine rings is 1. The third kappa shape index (κ3) is 2.09. The molecule has 2 N–H and O–H groups in total. The predicted molar refractivity (Wildman–Crippen MR) is 61.2 cm³/mol. The number of nitrogens with one attached hydrogen (secondary N) is 1. The first kappa shape index (κ1) is 11.5. The van der Waals surface area contributed by atoms with E-state index in [1.54, 1.807) is 6.07 Å². The lowest BCUT2D eigenvalue weighted by Crippen LogP contribution is -2.33. The van der Waals surface area contributed by atoms with Crippen molar-refractivity contribution in [3.63, 3.8) is 0 Å². The Morgan fingerprint density at radius 3 is 3.00 bits per heavy atom. The fourth-order valence-electron chi connectivity index (χ4n) is 1.80. The number of hydrogen-bond donors (Lipinski definition) is 2. The van der Waals surface area contributed by atoms with Crippen LogP contribution in [0, 0.1) is 0 Å². The van der Waals surface area contributed by atoms with Gasteiger partial charge in [0.25, 0.3) is 0 Å². The number of aromatic hydroxyl groups is 1. The van der Waals surface area contributed by atoms with E-state index in [-0.39, 0.29) is 16.9 Å². The zero-order valence-electron chi connectivity index (χ0n) is 9.00. The van der Waals surface area contributed by atoms with Crippen LogP contribution in [0.5, 0.6) is 11.5 Å². The van der Waals surface area contributed by atoms with Gasteiger partial charge >= 0.3 is 0 Å². The Morgan fingerprint density at radius 2 is 2.38 bits per heavy atom. The van der Waals surface area contributed by atoms with Crippen molar-refractivity contribution < 1.29 is 14.6 Å². The summed E-state index contributed by atoms with van der Waals surface area (Å²) in [6, 6.07) is 3.46. The van der Waals surface area contributed by atoms with Gasteiger partial charge in [0.2, 0.25) is 0 Å². The van der Waals surface area contributed by atoms with Crippen molar-refractivity contribution in [2.75, 3.05) is 26.8 Å². The molecule has 1 atom stereocenters. The Labute approximate surface area is 99.1 Å². The minimum absolute atomic E-state index is 0.0316. The summed E-state index contributed by atoms with van der Waals surface area (Å²) in [6.45, 7) is 2.20. The number of ether oxygens (including phenoxy) is 2. The average Bonchev–Trinajstić information content (AvgIpc) is 2.33. The van der Waals surface area contributed by atoms with E-state index in [4.69, 9.17) is 21.1 Å². The largest absolute Gasteiger partial charge is 0.503 e. The molecule has 0 bridgehead atoms. The molecule has 1 saturated heterocycles. The topological polar surface area (TPSA) is 50.7 Å². The second-order valence-electron chi connectivity index (χ2n) is 3.58. The lowest BCUT2D eigenvalue weighted by atomic mass is 10.1. The molecule has 5 heteroatoms. The van der Waals surface area contributed by atoms with Crippen molar-refractivity contribution in [3.8, 4) is 11.5 Å². The highest BCUT2D eigenvalue weighted by atomic mass is 35.5. The number of halogens is 1. The fourth-order valence-corrected chi connectivity index (χ4v) is 1.94. The molecule has 1 aromatic carbocycles. The third-order valence-corrected chi connectivity index (χ3v) is 2.90. The van der Waals surface area contributed by atoms with Crippen molar-refractivity contribution in [3.05, 3.63) is 22.7 Å². The van der Waals surface area contributed by atoms with Crippen molar-refractivity contribution in [2.45, 2.75) is 6.10 Å². The smallest absolute Gasteiger partial charge is 0.177 e. The highest BCUT2D eigenvalue weighted by Crippen LogP contribution is 2.40. The summed E-state index contributed by atoms with van der Waals surface area (Å²) in [5.41, 5.74) is 0.816. The Bertz CT molecular complexity index is 378. The molecule has 1 aliphatic rings. The molecule has 88 valence electrons. The summed E-state index contributed by atoms with van der Waals surface area (Å²) in [6.07, 6.45) is -0.105. The Balaban J connectivity index is 2.35. The van der Waals surface area contributed by atoms with Gasteiger partial charge in [0, 0.05) is 18.7 Å². The minimum Gasteiger partial charge on any atom is -0.503 e. The number of methoxy groups -OCH3 is 1. The van der Waals surface area contributed by atoms with Crippen LogP contribution in [0.1, 0.15) is 11.7 Å². The third-order valence-electron chi connectivity index (χ3n) is 2.59. The maximum atomic E-state index is 9.78. The SMILES string of the molecule is COc1c(C2CNCCO2)ccc(Cl)c1O. The molecule has 1 aliphatic heterocycles. The normalized spacial score (nSPS) is 20.8. The van der Waals surface area contributed by atoms with E-state index in [1.807, 2.05) is 6.07 Å². The first-order valence-electron chi connectivity index (χ1n) is 5.11. The first-order chi connectivity index (χ1) is 7.74. The van der Waals surface area contributed by atoms with E-state index in [0.29, 0.717) is 18.9 Å². The zero-order valence-corrected chi connectivity index (χ0v) is 9.75. The van der Waals surface area contributed by atoms with Gasteiger partial charge in [0.1, 0.15) is 0 Å². The Hall–Kier alpha value is -0.970. The molecular weight excluding hydrogens is 230 g/mol. The number of hydrogen-bond acceptors (Lipinski definition) is 4. The van der Waals surface area contributed by atoms with Gasteiger partial charge in [-0.05, 0) is 6.07 Å². The van der Waals surface area contributed by atoms with Gasteiger partial charge in [-0.15, -0.1) is 0 Å². The van der Waals surface area contributed by atoms with Gasteiger partial charge in [-0.3, -0.25) is 0 Å². The standard InChI is InChI=1S/C11H14ClNO3/c1-15-11-7(2-3-8(12)10(11)14)9-6-13-4-5-16-9/h2-3,9,13-14H,4-6H2,1H3. The van der Waals surface area contributed by atoms with Crippen molar-refractivity contribution >= 4 is 11.6 Å². The van der Waals surface area contributed by atoms with E-state index in [2.05, 4.69) is 5.32 Å². The molecule has 1 heterocycles. The summed E-state index contributed by atoms with van der Waals surface area (Å²) in [5, 5.41) is 13.3. The van der Waals surface area contributed by atoms with Crippen LogP contribution in [-0.2, 0) is 4.74 Å². The molecule has 0 amide bonds. The fraction of sp³-hybridized carbons (Fsp3) is 0.455. The van der Waals surface area contributed by atoms with Crippen LogP contribution < -0.4 is 10.1 Å². The molecule has 0 spiro atoms. The number of benzene rings is 1. The molecule has 0 aromatic heterocycles. The van der Waals surface area contributed by atoms with E-state index in [0.717, 1.165) is 12.1 Å². The van der Waals surface area contributed by atoms with Crippen LogP contribution in [0.25, 0.3) is 0 Å². The van der Waals surface area contributed by atoms with Crippen LogP contribution >= 0.6 is 11.6 Å². The minimum atomic E-state index is -0.105. The van der Waals surface area contributed by atoms with Gasteiger partial charge < -0.3 is 19.9 Å². The van der Waals surface area contributed by atoms with Crippen LogP contribution in [0.3, 0.4) is 0 Å². The van der Waals surface area contributed by atoms with Crippen molar-refractivity contribution in [1.82, 2.24) is 5.32 Å². The first-order valence-corrected chi connectivity index (χ1v) is 5.49. The second kappa shape index (κ2) is 4.91. The van der Waals surface area contributed by atoms with E-state index < -0.39 is 0 Å². The van der Waals surface area contributed by atoms with Crippen molar-refractivity contribution in [2.24, 2.45) is 0 Å².